The molecule has 0 aromatic heterocycles. The summed E-state index contributed by atoms with van der Waals surface area (Å²) in [5.41, 5.74) is 1.86. The molecule has 1 amide bonds. The number of fused-ring (bicyclic) bond motifs is 1. The fourth-order valence-corrected chi connectivity index (χ4v) is 2.29. The van der Waals surface area contributed by atoms with Gasteiger partial charge in [-0.1, -0.05) is 30.8 Å². The maximum absolute atomic E-state index is 11.8. The number of hydrogen-bond donors (Lipinski definition) is 1. The number of aliphatic hydroxyl groups is 1. The first-order valence-electron chi connectivity index (χ1n) is 5.80. The number of aliphatic hydroxyl groups excluding tert-OH is 1. The molecule has 0 saturated heterocycles. The predicted octanol–water partition coefficient (Wildman–Crippen LogP) is 0.860. The molecule has 0 bridgehead atoms. The van der Waals surface area contributed by atoms with Gasteiger partial charge in [0.25, 0.3) is 0 Å². The third kappa shape index (κ3) is 2.19. The minimum atomic E-state index is -0.505. The highest BCUT2D eigenvalue weighted by Gasteiger charge is 2.30. The molecule has 0 radical (unpaired) electrons. The zero-order valence-electron chi connectivity index (χ0n) is 10.0. The van der Waals surface area contributed by atoms with Crippen molar-refractivity contribution in [3.05, 3.63) is 48.0 Å². The fraction of sp³-hybridized carbons (Fsp3) is 0.286. The largest absolute Gasteiger partial charge is 0.389 e. The molecule has 94 valence electrons. The van der Waals surface area contributed by atoms with Crippen LogP contribution in [0.15, 0.2) is 36.9 Å². The lowest BCUT2D eigenvalue weighted by Gasteiger charge is -2.33. The summed E-state index contributed by atoms with van der Waals surface area (Å²) >= 11 is 0. The van der Waals surface area contributed by atoms with Gasteiger partial charge >= 0.3 is 0 Å². The first-order chi connectivity index (χ1) is 8.67. The highest BCUT2D eigenvalue weighted by molar-refractivity contribution is 5.91. The van der Waals surface area contributed by atoms with E-state index in [1.54, 1.807) is 4.90 Å². The van der Waals surface area contributed by atoms with Crippen molar-refractivity contribution < 1.29 is 14.7 Å². The molecule has 1 atom stereocenters. The van der Waals surface area contributed by atoms with Crippen molar-refractivity contribution in [3.8, 4) is 0 Å². The standard InChI is InChI=1S/C14H15NO3/c1-2-14(18)15-7-10-5-3-4-6-11(10)12(8-15)13(17)9-16/h2-6,12,16H,1,7-9H2/t12-/m0/s1. The van der Waals surface area contributed by atoms with Crippen molar-refractivity contribution in [1.29, 1.82) is 0 Å². The summed E-state index contributed by atoms with van der Waals surface area (Å²) in [7, 11) is 0. The lowest BCUT2D eigenvalue weighted by atomic mass is 9.87. The van der Waals surface area contributed by atoms with E-state index in [1.165, 1.54) is 6.08 Å². The highest BCUT2D eigenvalue weighted by Crippen LogP contribution is 2.28. The van der Waals surface area contributed by atoms with E-state index in [0.29, 0.717) is 13.1 Å². The number of carbonyl (C=O) groups is 2. The Morgan fingerprint density at radius 1 is 1.44 bits per heavy atom. The molecule has 1 aromatic carbocycles. The van der Waals surface area contributed by atoms with E-state index in [1.807, 2.05) is 24.3 Å². The van der Waals surface area contributed by atoms with E-state index in [9.17, 15) is 9.59 Å². The summed E-state index contributed by atoms with van der Waals surface area (Å²) in [6.45, 7) is 3.74. The minimum Gasteiger partial charge on any atom is -0.389 e. The molecule has 0 spiro atoms. The lowest BCUT2D eigenvalue weighted by molar-refractivity contribution is -0.129. The number of amides is 1. The molecule has 2 rings (SSSR count). The Morgan fingerprint density at radius 2 is 2.17 bits per heavy atom. The van der Waals surface area contributed by atoms with E-state index in [0.717, 1.165) is 11.1 Å². The Hall–Kier alpha value is -1.94. The molecular weight excluding hydrogens is 230 g/mol. The van der Waals surface area contributed by atoms with Crippen LogP contribution in [0.25, 0.3) is 0 Å². The average molecular weight is 245 g/mol. The number of hydrogen-bond acceptors (Lipinski definition) is 3. The van der Waals surface area contributed by atoms with Gasteiger partial charge in [0.15, 0.2) is 5.78 Å². The number of rotatable bonds is 3. The van der Waals surface area contributed by atoms with Crippen molar-refractivity contribution >= 4 is 11.7 Å². The molecule has 18 heavy (non-hydrogen) atoms. The summed E-state index contributed by atoms with van der Waals surface area (Å²) in [6.07, 6.45) is 1.24. The molecule has 0 saturated carbocycles. The van der Waals surface area contributed by atoms with E-state index in [4.69, 9.17) is 5.11 Å². The van der Waals surface area contributed by atoms with Gasteiger partial charge in [-0.25, -0.2) is 0 Å². The number of Topliss-reactive ketones (excluding diaryl/α,β-unsaturated/α-hetero) is 1. The van der Waals surface area contributed by atoms with Gasteiger partial charge in [-0.15, -0.1) is 0 Å². The Morgan fingerprint density at radius 3 is 2.83 bits per heavy atom. The number of nitrogens with zero attached hydrogens (tertiary/aromatic N) is 1. The Bertz CT molecular complexity index is 496. The van der Waals surface area contributed by atoms with Gasteiger partial charge in [0, 0.05) is 13.1 Å². The zero-order valence-corrected chi connectivity index (χ0v) is 10.0. The van der Waals surface area contributed by atoms with Gasteiger partial charge in [0.2, 0.25) is 5.91 Å². The predicted molar refractivity (Wildman–Crippen MR) is 66.9 cm³/mol. The molecular formula is C14H15NO3. The maximum atomic E-state index is 11.8. The van der Waals surface area contributed by atoms with Crippen molar-refractivity contribution in [2.75, 3.05) is 13.2 Å². The van der Waals surface area contributed by atoms with E-state index < -0.39 is 12.5 Å². The second-order valence-corrected chi connectivity index (χ2v) is 4.30. The summed E-state index contributed by atoms with van der Waals surface area (Å²) in [5, 5.41) is 9.02. The fourth-order valence-electron chi connectivity index (χ4n) is 2.29. The SMILES string of the molecule is C=CC(=O)N1Cc2ccccc2[C@@H](C(=O)CO)C1. The van der Waals surface area contributed by atoms with Crippen LogP contribution in [0.1, 0.15) is 17.0 Å². The van der Waals surface area contributed by atoms with Gasteiger partial charge in [-0.05, 0) is 17.2 Å². The van der Waals surface area contributed by atoms with Gasteiger partial charge < -0.3 is 10.0 Å². The van der Waals surface area contributed by atoms with Gasteiger partial charge in [0.05, 0.1) is 5.92 Å². The minimum absolute atomic E-state index is 0.194. The summed E-state index contributed by atoms with van der Waals surface area (Å²) in [5.74, 6) is -0.895. The number of ketones is 1. The van der Waals surface area contributed by atoms with Crippen molar-refractivity contribution in [3.63, 3.8) is 0 Å². The average Bonchev–Trinajstić information content (AvgIpc) is 2.44. The lowest BCUT2D eigenvalue weighted by Crippen LogP contribution is -2.40. The van der Waals surface area contributed by atoms with Crippen LogP contribution in [0.2, 0.25) is 0 Å². The summed E-state index contributed by atoms with van der Waals surface area (Å²) in [4.78, 5) is 25.0. The first-order valence-corrected chi connectivity index (χ1v) is 5.80. The normalized spacial score (nSPS) is 18.1. The van der Waals surface area contributed by atoms with Crippen LogP contribution >= 0.6 is 0 Å². The van der Waals surface area contributed by atoms with Crippen LogP contribution in [0.3, 0.4) is 0 Å². The maximum Gasteiger partial charge on any atom is 0.246 e. The van der Waals surface area contributed by atoms with Crippen molar-refractivity contribution in [2.45, 2.75) is 12.5 Å². The topological polar surface area (TPSA) is 57.6 Å². The molecule has 1 heterocycles. The van der Waals surface area contributed by atoms with Crippen LogP contribution in [0.4, 0.5) is 0 Å². The zero-order chi connectivity index (χ0) is 13.1. The van der Waals surface area contributed by atoms with Crippen LogP contribution in [0, 0.1) is 0 Å². The van der Waals surface area contributed by atoms with E-state index >= 15 is 0 Å². The Balaban J connectivity index is 2.38. The molecule has 0 aliphatic carbocycles. The molecule has 4 nitrogen and oxygen atoms in total. The molecule has 1 aromatic rings. The highest BCUT2D eigenvalue weighted by atomic mass is 16.3. The van der Waals surface area contributed by atoms with Gasteiger partial charge in [0.1, 0.15) is 6.61 Å². The van der Waals surface area contributed by atoms with Crippen LogP contribution < -0.4 is 0 Å². The second kappa shape index (κ2) is 5.14. The van der Waals surface area contributed by atoms with Gasteiger partial charge in [-0.3, -0.25) is 9.59 Å². The molecule has 4 heteroatoms. The van der Waals surface area contributed by atoms with Crippen LogP contribution in [0.5, 0.6) is 0 Å². The van der Waals surface area contributed by atoms with Gasteiger partial charge in [-0.2, -0.15) is 0 Å². The monoisotopic (exact) mass is 245 g/mol. The number of benzene rings is 1. The molecule has 0 unspecified atom stereocenters. The van der Waals surface area contributed by atoms with Crippen molar-refractivity contribution in [2.24, 2.45) is 0 Å². The quantitative estimate of drug-likeness (QED) is 0.803. The molecule has 1 N–H and O–H groups in total. The van der Waals surface area contributed by atoms with Crippen molar-refractivity contribution in [1.82, 2.24) is 4.90 Å². The number of carbonyl (C=O) groups excluding carboxylic acids is 2. The molecule has 0 fully saturated rings. The first kappa shape index (κ1) is 12.5. The molecule has 1 aliphatic heterocycles. The third-order valence-electron chi connectivity index (χ3n) is 3.23. The Kier molecular flexibility index (Phi) is 3.58. The Labute approximate surface area is 106 Å². The smallest absolute Gasteiger partial charge is 0.246 e. The molecule has 1 aliphatic rings. The van der Waals surface area contributed by atoms with Crippen LogP contribution in [-0.2, 0) is 16.1 Å². The summed E-state index contributed by atoms with van der Waals surface area (Å²) < 4.78 is 0. The van der Waals surface area contributed by atoms with E-state index in [-0.39, 0.29) is 11.7 Å². The third-order valence-corrected chi connectivity index (χ3v) is 3.23. The van der Waals surface area contributed by atoms with Crippen LogP contribution in [-0.4, -0.2) is 34.8 Å². The van der Waals surface area contributed by atoms with E-state index in [2.05, 4.69) is 6.58 Å². The second-order valence-electron chi connectivity index (χ2n) is 4.30. The summed E-state index contributed by atoms with van der Waals surface area (Å²) in [6, 6.07) is 7.52.